The predicted molar refractivity (Wildman–Crippen MR) is 131 cm³/mol. The normalized spacial score (nSPS) is 13.5. The van der Waals surface area contributed by atoms with E-state index >= 15 is 0 Å². The molecule has 0 N–H and O–H groups in total. The molecule has 4 aromatic rings. The molecule has 0 amide bonds. The van der Waals surface area contributed by atoms with Crippen LogP contribution in [-0.2, 0) is 13.0 Å². The first-order chi connectivity index (χ1) is 16.0. The lowest BCUT2D eigenvalue weighted by Crippen LogP contribution is -2.33. The van der Waals surface area contributed by atoms with Gasteiger partial charge in [0.15, 0.2) is 0 Å². The third kappa shape index (κ3) is 4.44. The fourth-order valence-electron chi connectivity index (χ4n) is 4.14. The molecule has 0 saturated carbocycles. The molecule has 0 radical (unpaired) electrons. The Labute approximate surface area is 201 Å². The van der Waals surface area contributed by atoms with Gasteiger partial charge in [0.25, 0.3) is 0 Å². The highest BCUT2D eigenvalue weighted by Gasteiger charge is 2.23. The van der Waals surface area contributed by atoms with Crippen molar-refractivity contribution < 1.29 is 13.9 Å². The smallest absolute Gasteiger partial charge is 0.336 e. The maximum absolute atomic E-state index is 12.5. The lowest BCUT2D eigenvalue weighted by Gasteiger charge is -2.29. The van der Waals surface area contributed by atoms with E-state index < -0.39 is 5.63 Å². The monoisotopic (exact) mass is 481 g/mol. The summed E-state index contributed by atoms with van der Waals surface area (Å²) in [7, 11) is 1.63. The third-order valence-corrected chi connectivity index (χ3v) is 6.46. The summed E-state index contributed by atoms with van der Waals surface area (Å²) >= 11 is 12.3. The lowest BCUT2D eigenvalue weighted by atomic mass is 9.99. The summed E-state index contributed by atoms with van der Waals surface area (Å²) < 4.78 is 16.9. The molecule has 0 aliphatic carbocycles. The van der Waals surface area contributed by atoms with Crippen LogP contribution in [0.15, 0.2) is 69.9 Å². The van der Waals surface area contributed by atoms with Crippen LogP contribution in [0, 0.1) is 0 Å². The van der Waals surface area contributed by atoms with E-state index in [-0.39, 0.29) is 0 Å². The van der Waals surface area contributed by atoms with Gasteiger partial charge in [-0.2, -0.15) is 0 Å². The van der Waals surface area contributed by atoms with E-state index in [4.69, 9.17) is 37.1 Å². The Morgan fingerprint density at radius 2 is 1.85 bits per heavy atom. The molecule has 1 aliphatic rings. The van der Waals surface area contributed by atoms with Gasteiger partial charge in [0, 0.05) is 34.6 Å². The summed E-state index contributed by atoms with van der Waals surface area (Å²) in [6.07, 6.45) is 0.751. The second kappa shape index (κ2) is 9.10. The SMILES string of the molecule is COc1ccc(-c2cc(=O)oc3c4c(ccc23)OCN(CCc2ccc(Cl)cc2Cl)C4)cc1. The Morgan fingerprint density at radius 3 is 2.61 bits per heavy atom. The number of ether oxygens (including phenoxy) is 2. The topological polar surface area (TPSA) is 51.9 Å². The van der Waals surface area contributed by atoms with E-state index in [1.807, 2.05) is 48.5 Å². The molecule has 1 aromatic heterocycles. The van der Waals surface area contributed by atoms with Gasteiger partial charge >= 0.3 is 5.63 Å². The van der Waals surface area contributed by atoms with E-state index in [1.165, 1.54) is 6.07 Å². The maximum Gasteiger partial charge on any atom is 0.336 e. The zero-order valence-electron chi connectivity index (χ0n) is 17.9. The molecular weight excluding hydrogens is 461 g/mol. The molecule has 5 nitrogen and oxygen atoms in total. The van der Waals surface area contributed by atoms with Crippen molar-refractivity contribution in [3.63, 3.8) is 0 Å². The number of fused-ring (bicyclic) bond motifs is 3. The molecule has 0 saturated heterocycles. The molecule has 168 valence electrons. The number of hydrogen-bond donors (Lipinski definition) is 0. The van der Waals surface area contributed by atoms with Crippen molar-refractivity contribution in [2.75, 3.05) is 20.4 Å². The molecule has 1 aliphatic heterocycles. The molecule has 7 heteroatoms. The summed E-state index contributed by atoms with van der Waals surface area (Å²) in [5.74, 6) is 1.49. The summed E-state index contributed by atoms with van der Waals surface area (Å²) in [6.45, 7) is 1.79. The van der Waals surface area contributed by atoms with Crippen molar-refractivity contribution >= 4 is 34.2 Å². The number of methoxy groups -OCH3 is 1. The average molecular weight is 482 g/mol. The first kappa shape index (κ1) is 21.8. The van der Waals surface area contributed by atoms with E-state index in [0.717, 1.165) is 52.1 Å². The van der Waals surface area contributed by atoms with E-state index in [1.54, 1.807) is 13.2 Å². The van der Waals surface area contributed by atoms with Gasteiger partial charge < -0.3 is 13.9 Å². The molecule has 0 bridgehead atoms. The number of hydrogen-bond acceptors (Lipinski definition) is 5. The quantitative estimate of drug-likeness (QED) is 0.319. The van der Waals surface area contributed by atoms with Crippen LogP contribution in [0.1, 0.15) is 11.1 Å². The zero-order chi connectivity index (χ0) is 22.9. The molecular formula is C26H21Cl2NO4. The minimum Gasteiger partial charge on any atom is -0.497 e. The van der Waals surface area contributed by atoms with Gasteiger partial charge in [-0.1, -0.05) is 41.4 Å². The van der Waals surface area contributed by atoms with E-state index in [2.05, 4.69) is 4.90 Å². The number of halogens is 2. The average Bonchev–Trinajstić information content (AvgIpc) is 2.83. The van der Waals surface area contributed by atoms with Crippen molar-refractivity contribution in [2.45, 2.75) is 13.0 Å². The Morgan fingerprint density at radius 1 is 1.03 bits per heavy atom. The first-order valence-corrected chi connectivity index (χ1v) is 11.3. The molecule has 5 rings (SSSR count). The molecule has 0 spiro atoms. The Kier molecular flexibility index (Phi) is 6.02. The lowest BCUT2D eigenvalue weighted by molar-refractivity contribution is 0.0968. The number of rotatable bonds is 5. The highest BCUT2D eigenvalue weighted by atomic mass is 35.5. The largest absolute Gasteiger partial charge is 0.497 e. The Balaban J connectivity index is 1.47. The van der Waals surface area contributed by atoms with Gasteiger partial charge in [-0.05, 0) is 59.5 Å². The van der Waals surface area contributed by atoms with Gasteiger partial charge in [-0.25, -0.2) is 4.79 Å². The van der Waals surface area contributed by atoms with E-state index in [9.17, 15) is 4.79 Å². The van der Waals surface area contributed by atoms with Crippen molar-refractivity contribution in [1.29, 1.82) is 0 Å². The van der Waals surface area contributed by atoms with Crippen molar-refractivity contribution in [3.8, 4) is 22.6 Å². The summed E-state index contributed by atoms with van der Waals surface area (Å²) in [4.78, 5) is 14.6. The van der Waals surface area contributed by atoms with Crippen LogP contribution < -0.4 is 15.1 Å². The second-order valence-corrected chi connectivity index (χ2v) is 8.78. The highest BCUT2D eigenvalue weighted by molar-refractivity contribution is 6.35. The molecule has 0 fully saturated rings. The Hall–Kier alpha value is -2.99. The van der Waals surface area contributed by atoms with Crippen LogP contribution in [0.2, 0.25) is 10.0 Å². The van der Waals surface area contributed by atoms with Crippen molar-refractivity contribution in [2.24, 2.45) is 0 Å². The molecule has 33 heavy (non-hydrogen) atoms. The zero-order valence-corrected chi connectivity index (χ0v) is 19.4. The van der Waals surface area contributed by atoms with Gasteiger partial charge in [-0.3, -0.25) is 4.90 Å². The third-order valence-electron chi connectivity index (χ3n) is 5.87. The maximum atomic E-state index is 12.5. The van der Waals surface area contributed by atoms with Gasteiger partial charge in [0.1, 0.15) is 23.8 Å². The van der Waals surface area contributed by atoms with Crippen molar-refractivity contribution in [3.05, 3.63) is 92.3 Å². The fourth-order valence-corrected chi connectivity index (χ4v) is 4.64. The number of nitrogens with zero attached hydrogens (tertiary/aromatic N) is 1. The predicted octanol–water partition coefficient (Wildman–Crippen LogP) is 6.17. The van der Waals surface area contributed by atoms with Crippen LogP contribution in [0.3, 0.4) is 0 Å². The summed E-state index contributed by atoms with van der Waals surface area (Å²) in [5.41, 5.74) is 3.79. The summed E-state index contributed by atoms with van der Waals surface area (Å²) in [5, 5.41) is 2.14. The molecule has 0 unspecified atom stereocenters. The second-order valence-electron chi connectivity index (χ2n) is 7.94. The van der Waals surface area contributed by atoms with Gasteiger partial charge in [-0.15, -0.1) is 0 Å². The van der Waals surface area contributed by atoms with Gasteiger partial charge in [0.05, 0.1) is 12.7 Å². The van der Waals surface area contributed by atoms with E-state index in [0.29, 0.717) is 28.9 Å². The molecule has 0 atom stereocenters. The van der Waals surface area contributed by atoms with Crippen LogP contribution in [-0.4, -0.2) is 25.3 Å². The van der Waals surface area contributed by atoms with Crippen LogP contribution in [0.25, 0.3) is 22.1 Å². The van der Waals surface area contributed by atoms with Crippen LogP contribution >= 0.6 is 23.2 Å². The minimum atomic E-state index is -0.396. The molecule has 2 heterocycles. The minimum absolute atomic E-state index is 0.396. The summed E-state index contributed by atoms with van der Waals surface area (Å²) in [6, 6.07) is 18.6. The standard InChI is InChI=1S/C26H21Cl2NO4/c1-31-19-6-3-16(4-7-19)21-13-25(30)33-26-20(21)8-9-24-22(26)14-29(15-32-24)11-10-17-2-5-18(27)12-23(17)28/h2-9,12-13H,10-11,14-15H2,1H3. The first-order valence-electron chi connectivity index (χ1n) is 10.5. The van der Waals surface area contributed by atoms with Crippen LogP contribution in [0.5, 0.6) is 11.5 Å². The number of benzene rings is 3. The fraction of sp³-hybridized carbons (Fsp3) is 0.192. The highest BCUT2D eigenvalue weighted by Crippen LogP contribution is 2.36. The Bertz CT molecular complexity index is 1380. The van der Waals surface area contributed by atoms with Crippen molar-refractivity contribution in [1.82, 2.24) is 4.90 Å². The van der Waals surface area contributed by atoms with Crippen LogP contribution in [0.4, 0.5) is 0 Å². The van der Waals surface area contributed by atoms with Gasteiger partial charge in [0.2, 0.25) is 0 Å². The molecule has 3 aromatic carbocycles.